The molecule has 4 rings (SSSR count). The first-order valence-corrected chi connectivity index (χ1v) is 9.34. The number of nitrogens with one attached hydrogen (secondary N) is 1. The Kier molecular flexibility index (Phi) is 4.28. The highest BCUT2D eigenvalue weighted by Crippen LogP contribution is 2.42. The van der Waals surface area contributed by atoms with Gasteiger partial charge in [0.2, 0.25) is 5.88 Å². The molecule has 1 amide bonds. The first-order chi connectivity index (χ1) is 12.8. The molecule has 2 fully saturated rings. The Labute approximate surface area is 156 Å². The molecule has 0 unspecified atom stereocenters. The summed E-state index contributed by atoms with van der Waals surface area (Å²) in [7, 11) is 1.56. The number of amides is 1. The van der Waals surface area contributed by atoms with Crippen molar-refractivity contribution in [2.45, 2.75) is 51.0 Å². The Morgan fingerprint density at radius 3 is 2.67 bits per heavy atom. The number of carbonyl (C=O) groups is 1. The van der Waals surface area contributed by atoms with E-state index in [9.17, 15) is 9.59 Å². The van der Waals surface area contributed by atoms with Crippen LogP contribution in [0.5, 0.6) is 5.88 Å². The number of hydrogen-bond donors (Lipinski definition) is 1. The van der Waals surface area contributed by atoms with Crippen molar-refractivity contribution >= 4 is 5.91 Å². The number of aromatic nitrogens is 3. The predicted molar refractivity (Wildman–Crippen MR) is 96.7 cm³/mol. The number of carbonyl (C=O) groups excluding carboxylic acids is 1. The van der Waals surface area contributed by atoms with Crippen LogP contribution in [0.1, 0.15) is 67.3 Å². The minimum Gasteiger partial charge on any atom is -0.477 e. The molecule has 2 aliphatic rings. The second kappa shape index (κ2) is 6.51. The highest BCUT2D eigenvalue weighted by Gasteiger charge is 2.34. The predicted octanol–water partition coefficient (Wildman–Crippen LogP) is 2.10. The second-order valence-electron chi connectivity index (χ2n) is 8.03. The Balaban J connectivity index is 1.58. The second-order valence-corrected chi connectivity index (χ2v) is 8.03. The van der Waals surface area contributed by atoms with Crippen LogP contribution in [0.4, 0.5) is 0 Å². The van der Waals surface area contributed by atoms with Crippen molar-refractivity contribution in [1.82, 2.24) is 20.0 Å². The van der Waals surface area contributed by atoms with E-state index in [4.69, 9.17) is 9.26 Å². The first kappa shape index (κ1) is 17.8. The van der Waals surface area contributed by atoms with Gasteiger partial charge in [-0.15, -0.1) is 0 Å². The van der Waals surface area contributed by atoms with Crippen LogP contribution in [0.25, 0.3) is 0 Å². The van der Waals surface area contributed by atoms with Gasteiger partial charge < -0.3 is 10.1 Å². The standard InChI is InChI=1S/C19H24N4O4/c1-19(2,17-22-27-18(25)23(17)3)21-16(24)15-13(12-6-7-12)8-9-14(20-15)26-10-11-4-5-11/h8-9,11-12H,4-7,10H2,1-3H3,(H,21,24). The van der Waals surface area contributed by atoms with Crippen LogP contribution in [-0.4, -0.2) is 27.2 Å². The Bertz CT molecular complexity index is 922. The summed E-state index contributed by atoms with van der Waals surface area (Å²) in [5.41, 5.74) is 0.425. The summed E-state index contributed by atoms with van der Waals surface area (Å²) < 4.78 is 11.7. The van der Waals surface area contributed by atoms with E-state index in [1.807, 2.05) is 12.1 Å². The minimum atomic E-state index is -0.897. The molecular formula is C19H24N4O4. The van der Waals surface area contributed by atoms with Crippen molar-refractivity contribution in [2.75, 3.05) is 6.61 Å². The van der Waals surface area contributed by atoms with Crippen LogP contribution >= 0.6 is 0 Å². The van der Waals surface area contributed by atoms with E-state index >= 15 is 0 Å². The molecule has 0 aliphatic heterocycles. The zero-order valence-electron chi connectivity index (χ0n) is 15.8. The molecule has 144 valence electrons. The molecule has 0 aromatic carbocycles. The molecule has 27 heavy (non-hydrogen) atoms. The molecule has 0 bridgehead atoms. The van der Waals surface area contributed by atoms with Crippen LogP contribution in [0.2, 0.25) is 0 Å². The van der Waals surface area contributed by atoms with Crippen molar-refractivity contribution in [1.29, 1.82) is 0 Å². The monoisotopic (exact) mass is 372 g/mol. The molecule has 1 N–H and O–H groups in total. The Hall–Kier alpha value is -2.64. The lowest BCUT2D eigenvalue weighted by Gasteiger charge is -2.24. The number of hydrogen-bond acceptors (Lipinski definition) is 6. The van der Waals surface area contributed by atoms with E-state index in [-0.39, 0.29) is 5.91 Å². The van der Waals surface area contributed by atoms with Crippen molar-refractivity contribution < 1.29 is 14.1 Å². The number of pyridine rings is 1. The molecule has 8 nitrogen and oxygen atoms in total. The average molecular weight is 372 g/mol. The van der Waals surface area contributed by atoms with Crippen molar-refractivity contribution in [3.63, 3.8) is 0 Å². The fourth-order valence-corrected chi connectivity index (χ4v) is 3.15. The smallest absolute Gasteiger partial charge is 0.441 e. The minimum absolute atomic E-state index is 0.311. The van der Waals surface area contributed by atoms with Gasteiger partial charge in [0, 0.05) is 13.1 Å². The lowest BCUT2D eigenvalue weighted by Crippen LogP contribution is -2.44. The molecular weight excluding hydrogens is 348 g/mol. The first-order valence-electron chi connectivity index (χ1n) is 9.34. The highest BCUT2D eigenvalue weighted by molar-refractivity contribution is 5.94. The molecule has 2 aliphatic carbocycles. The van der Waals surface area contributed by atoms with Crippen LogP contribution in [-0.2, 0) is 12.6 Å². The Morgan fingerprint density at radius 2 is 2.07 bits per heavy atom. The highest BCUT2D eigenvalue weighted by atomic mass is 16.5. The van der Waals surface area contributed by atoms with Gasteiger partial charge in [-0.25, -0.2) is 9.78 Å². The molecule has 2 saturated carbocycles. The largest absolute Gasteiger partial charge is 0.477 e. The summed E-state index contributed by atoms with van der Waals surface area (Å²) in [5.74, 6) is 0.918. The van der Waals surface area contributed by atoms with E-state index in [2.05, 4.69) is 15.5 Å². The molecule has 0 atom stereocenters. The zero-order valence-corrected chi connectivity index (χ0v) is 15.8. The van der Waals surface area contributed by atoms with Crippen LogP contribution < -0.4 is 15.8 Å². The molecule has 2 heterocycles. The number of ether oxygens (including phenoxy) is 1. The normalized spacial score (nSPS) is 17.0. The lowest BCUT2D eigenvalue weighted by molar-refractivity contribution is 0.0898. The summed E-state index contributed by atoms with van der Waals surface area (Å²) in [6.45, 7) is 4.18. The lowest BCUT2D eigenvalue weighted by atomic mass is 10.0. The summed E-state index contributed by atoms with van der Waals surface area (Å²) in [6.07, 6.45) is 4.51. The fraction of sp³-hybridized carbons (Fsp3) is 0.579. The third kappa shape index (κ3) is 3.74. The van der Waals surface area contributed by atoms with E-state index in [0.29, 0.717) is 35.8 Å². The third-order valence-electron chi connectivity index (χ3n) is 5.08. The number of nitrogens with zero attached hydrogens (tertiary/aromatic N) is 3. The third-order valence-corrected chi connectivity index (χ3v) is 5.08. The van der Waals surface area contributed by atoms with Crippen LogP contribution in [0, 0.1) is 5.92 Å². The molecule has 0 saturated heterocycles. The molecule has 0 radical (unpaired) electrons. The van der Waals surface area contributed by atoms with E-state index in [1.54, 1.807) is 20.9 Å². The maximum atomic E-state index is 13.0. The molecule has 2 aromatic rings. The van der Waals surface area contributed by atoms with Gasteiger partial charge in [0.1, 0.15) is 5.69 Å². The van der Waals surface area contributed by atoms with Gasteiger partial charge in [-0.3, -0.25) is 13.9 Å². The van der Waals surface area contributed by atoms with Crippen molar-refractivity contribution in [3.8, 4) is 5.88 Å². The number of rotatable bonds is 7. The Morgan fingerprint density at radius 1 is 1.33 bits per heavy atom. The summed E-state index contributed by atoms with van der Waals surface area (Å²) >= 11 is 0. The summed E-state index contributed by atoms with van der Waals surface area (Å²) in [5, 5.41) is 6.72. The van der Waals surface area contributed by atoms with Crippen LogP contribution in [0.3, 0.4) is 0 Å². The SMILES string of the molecule is Cn1c(C(C)(C)NC(=O)c2nc(OCC3CC3)ccc2C2CC2)noc1=O. The van der Waals surface area contributed by atoms with Gasteiger partial charge in [0.15, 0.2) is 5.82 Å². The quantitative estimate of drug-likeness (QED) is 0.799. The van der Waals surface area contributed by atoms with E-state index < -0.39 is 11.3 Å². The summed E-state index contributed by atoms with van der Waals surface area (Å²) in [6, 6.07) is 3.79. The van der Waals surface area contributed by atoms with Gasteiger partial charge in [-0.05, 0) is 56.9 Å². The van der Waals surface area contributed by atoms with Crippen molar-refractivity contribution in [3.05, 3.63) is 39.8 Å². The summed E-state index contributed by atoms with van der Waals surface area (Å²) in [4.78, 5) is 29.1. The molecule has 8 heteroatoms. The van der Waals surface area contributed by atoms with Gasteiger partial charge in [0.05, 0.1) is 12.1 Å². The zero-order chi connectivity index (χ0) is 19.2. The van der Waals surface area contributed by atoms with Crippen LogP contribution in [0.15, 0.2) is 21.5 Å². The fourth-order valence-electron chi connectivity index (χ4n) is 3.15. The van der Waals surface area contributed by atoms with Gasteiger partial charge in [-0.2, -0.15) is 0 Å². The molecule has 0 spiro atoms. The molecule has 2 aromatic heterocycles. The maximum Gasteiger partial charge on any atom is 0.441 e. The van der Waals surface area contributed by atoms with Gasteiger partial charge in [-0.1, -0.05) is 11.2 Å². The van der Waals surface area contributed by atoms with Gasteiger partial charge >= 0.3 is 5.76 Å². The van der Waals surface area contributed by atoms with Crippen molar-refractivity contribution in [2.24, 2.45) is 13.0 Å². The topological polar surface area (TPSA) is 99.2 Å². The maximum absolute atomic E-state index is 13.0. The average Bonchev–Trinajstić information content (AvgIpc) is 3.53. The van der Waals surface area contributed by atoms with E-state index in [0.717, 1.165) is 18.4 Å². The van der Waals surface area contributed by atoms with E-state index in [1.165, 1.54) is 17.4 Å². The van der Waals surface area contributed by atoms with Gasteiger partial charge in [0.25, 0.3) is 5.91 Å².